The van der Waals surface area contributed by atoms with Crippen molar-refractivity contribution in [2.75, 3.05) is 5.75 Å². The molecule has 0 bridgehead atoms. The molecule has 4 nitrogen and oxygen atoms in total. The SMILES string of the molecule is CC1CCS(=O)(=O)C2C(CC(C)OC2C)N1. The summed E-state index contributed by atoms with van der Waals surface area (Å²) in [5.41, 5.74) is 0. The van der Waals surface area contributed by atoms with Gasteiger partial charge < -0.3 is 10.1 Å². The van der Waals surface area contributed by atoms with Gasteiger partial charge in [-0.2, -0.15) is 0 Å². The molecule has 0 amide bonds. The van der Waals surface area contributed by atoms with Crippen LogP contribution in [-0.4, -0.2) is 43.7 Å². The first-order chi connectivity index (χ1) is 7.40. The number of fused-ring (bicyclic) bond motifs is 1. The monoisotopic (exact) mass is 247 g/mol. The van der Waals surface area contributed by atoms with Gasteiger partial charge >= 0.3 is 0 Å². The van der Waals surface area contributed by atoms with Crippen molar-refractivity contribution < 1.29 is 13.2 Å². The summed E-state index contributed by atoms with van der Waals surface area (Å²) in [6.07, 6.45) is 1.44. The Balaban J connectivity index is 2.30. The van der Waals surface area contributed by atoms with E-state index in [4.69, 9.17) is 4.74 Å². The number of sulfone groups is 1. The zero-order valence-electron chi connectivity index (χ0n) is 10.1. The van der Waals surface area contributed by atoms with Crippen molar-refractivity contribution >= 4 is 9.84 Å². The van der Waals surface area contributed by atoms with Crippen LogP contribution < -0.4 is 5.32 Å². The topological polar surface area (TPSA) is 55.4 Å². The van der Waals surface area contributed by atoms with Crippen molar-refractivity contribution in [2.45, 2.75) is 63.2 Å². The molecule has 0 spiro atoms. The summed E-state index contributed by atoms with van der Waals surface area (Å²) in [4.78, 5) is 0. The van der Waals surface area contributed by atoms with Gasteiger partial charge in [0.1, 0.15) is 5.25 Å². The highest BCUT2D eigenvalue weighted by Crippen LogP contribution is 2.28. The van der Waals surface area contributed by atoms with Gasteiger partial charge in [-0.1, -0.05) is 0 Å². The van der Waals surface area contributed by atoms with Crippen molar-refractivity contribution in [2.24, 2.45) is 0 Å². The molecule has 5 heteroatoms. The van der Waals surface area contributed by atoms with Gasteiger partial charge in [0.2, 0.25) is 0 Å². The molecule has 1 N–H and O–H groups in total. The van der Waals surface area contributed by atoms with Crippen LogP contribution in [0.15, 0.2) is 0 Å². The lowest BCUT2D eigenvalue weighted by atomic mass is 9.98. The van der Waals surface area contributed by atoms with Crippen molar-refractivity contribution in [3.8, 4) is 0 Å². The van der Waals surface area contributed by atoms with Crippen LogP contribution in [-0.2, 0) is 14.6 Å². The van der Waals surface area contributed by atoms with Crippen molar-refractivity contribution in [1.82, 2.24) is 5.32 Å². The molecule has 0 aromatic heterocycles. The molecule has 5 atom stereocenters. The van der Waals surface area contributed by atoms with E-state index >= 15 is 0 Å². The maximum atomic E-state index is 12.2. The van der Waals surface area contributed by atoms with Gasteiger partial charge in [-0.05, 0) is 33.6 Å². The normalized spacial score (nSPS) is 48.1. The molecule has 0 radical (unpaired) electrons. The molecule has 2 fully saturated rings. The Kier molecular flexibility index (Phi) is 3.29. The van der Waals surface area contributed by atoms with Gasteiger partial charge in [0, 0.05) is 12.1 Å². The number of rotatable bonds is 0. The third kappa shape index (κ3) is 2.26. The summed E-state index contributed by atoms with van der Waals surface area (Å²) in [7, 11) is -3.01. The first-order valence-electron chi connectivity index (χ1n) is 6.03. The largest absolute Gasteiger partial charge is 0.374 e. The molecule has 2 rings (SSSR count). The molecule has 2 aliphatic heterocycles. The second-order valence-electron chi connectivity index (χ2n) is 5.18. The molecule has 0 aromatic carbocycles. The van der Waals surface area contributed by atoms with Crippen LogP contribution in [0.2, 0.25) is 0 Å². The lowest BCUT2D eigenvalue weighted by molar-refractivity contribution is -0.0394. The average Bonchev–Trinajstić information content (AvgIpc) is 2.22. The zero-order chi connectivity index (χ0) is 11.9. The molecule has 0 saturated carbocycles. The third-order valence-electron chi connectivity index (χ3n) is 3.64. The average molecular weight is 247 g/mol. The summed E-state index contributed by atoms with van der Waals surface area (Å²) in [5.74, 6) is 0.282. The van der Waals surface area contributed by atoms with E-state index in [0.717, 1.165) is 6.42 Å². The Bertz CT molecular complexity index is 354. The van der Waals surface area contributed by atoms with Crippen LogP contribution in [0.25, 0.3) is 0 Å². The first-order valence-corrected chi connectivity index (χ1v) is 7.75. The van der Waals surface area contributed by atoms with Crippen molar-refractivity contribution in [3.63, 3.8) is 0 Å². The lowest BCUT2D eigenvalue weighted by Crippen LogP contribution is -2.56. The predicted molar refractivity (Wildman–Crippen MR) is 63.2 cm³/mol. The van der Waals surface area contributed by atoms with Gasteiger partial charge in [0.05, 0.1) is 18.0 Å². The minimum Gasteiger partial charge on any atom is -0.374 e. The standard InChI is InChI=1S/C11H21NO3S/c1-7-4-5-16(13,14)11-9(3)15-8(2)6-10(11)12-7/h7-12H,4-6H2,1-3H3. The number of nitrogens with one attached hydrogen (secondary N) is 1. The lowest BCUT2D eigenvalue weighted by Gasteiger charge is -2.38. The number of ether oxygens (including phenoxy) is 1. The van der Waals surface area contributed by atoms with Crippen molar-refractivity contribution in [1.29, 1.82) is 0 Å². The fourth-order valence-electron chi connectivity index (χ4n) is 2.95. The number of hydrogen-bond acceptors (Lipinski definition) is 4. The van der Waals surface area contributed by atoms with Gasteiger partial charge in [0.25, 0.3) is 0 Å². The van der Waals surface area contributed by atoms with Crippen LogP contribution in [0.3, 0.4) is 0 Å². The molecular weight excluding hydrogens is 226 g/mol. The summed E-state index contributed by atoms with van der Waals surface area (Å²) >= 11 is 0. The minimum atomic E-state index is -3.01. The highest BCUT2D eigenvalue weighted by molar-refractivity contribution is 7.92. The highest BCUT2D eigenvalue weighted by Gasteiger charge is 2.44. The van der Waals surface area contributed by atoms with E-state index in [1.807, 2.05) is 13.8 Å². The van der Waals surface area contributed by atoms with Gasteiger partial charge in [-0.25, -0.2) is 8.42 Å². The van der Waals surface area contributed by atoms with E-state index in [9.17, 15) is 8.42 Å². The van der Waals surface area contributed by atoms with Crippen LogP contribution in [0.5, 0.6) is 0 Å². The second-order valence-corrected chi connectivity index (χ2v) is 7.46. The number of hydrogen-bond donors (Lipinski definition) is 1. The molecule has 5 unspecified atom stereocenters. The first kappa shape index (κ1) is 12.3. The molecule has 94 valence electrons. The van der Waals surface area contributed by atoms with Crippen LogP contribution >= 0.6 is 0 Å². The second kappa shape index (κ2) is 4.27. The molecule has 16 heavy (non-hydrogen) atoms. The van der Waals surface area contributed by atoms with Gasteiger partial charge in [0.15, 0.2) is 9.84 Å². The van der Waals surface area contributed by atoms with E-state index in [0.29, 0.717) is 6.42 Å². The molecular formula is C11H21NO3S. The summed E-state index contributed by atoms with van der Waals surface area (Å²) in [6.45, 7) is 5.95. The molecule has 2 saturated heterocycles. The zero-order valence-corrected chi connectivity index (χ0v) is 11.0. The van der Waals surface area contributed by atoms with Crippen LogP contribution in [0.1, 0.15) is 33.6 Å². The smallest absolute Gasteiger partial charge is 0.157 e. The van der Waals surface area contributed by atoms with Gasteiger partial charge in [-0.15, -0.1) is 0 Å². The van der Waals surface area contributed by atoms with Gasteiger partial charge in [-0.3, -0.25) is 0 Å². The van der Waals surface area contributed by atoms with E-state index in [2.05, 4.69) is 12.2 Å². The Morgan fingerprint density at radius 3 is 2.62 bits per heavy atom. The Morgan fingerprint density at radius 2 is 1.94 bits per heavy atom. The quantitative estimate of drug-likeness (QED) is 0.685. The van der Waals surface area contributed by atoms with E-state index < -0.39 is 9.84 Å². The molecule has 0 aliphatic carbocycles. The Morgan fingerprint density at radius 1 is 1.25 bits per heavy atom. The summed E-state index contributed by atoms with van der Waals surface area (Å²) < 4.78 is 30.0. The molecule has 2 heterocycles. The maximum Gasteiger partial charge on any atom is 0.157 e. The third-order valence-corrected chi connectivity index (χ3v) is 5.99. The fraction of sp³-hybridized carbons (Fsp3) is 1.00. The van der Waals surface area contributed by atoms with E-state index in [1.165, 1.54) is 0 Å². The maximum absolute atomic E-state index is 12.2. The Labute approximate surface area is 97.7 Å². The van der Waals surface area contributed by atoms with Crippen LogP contribution in [0, 0.1) is 0 Å². The summed E-state index contributed by atoms with van der Waals surface area (Å²) in [5, 5.41) is 3.07. The molecule has 2 aliphatic rings. The van der Waals surface area contributed by atoms with Crippen molar-refractivity contribution in [3.05, 3.63) is 0 Å². The van der Waals surface area contributed by atoms with E-state index in [1.54, 1.807) is 0 Å². The predicted octanol–water partition coefficient (Wildman–Crippen LogP) is 0.717. The summed E-state index contributed by atoms with van der Waals surface area (Å²) in [6, 6.07) is 0.337. The highest BCUT2D eigenvalue weighted by atomic mass is 32.2. The van der Waals surface area contributed by atoms with E-state index in [-0.39, 0.29) is 35.3 Å². The van der Waals surface area contributed by atoms with Crippen LogP contribution in [0.4, 0.5) is 0 Å². The fourth-order valence-corrected chi connectivity index (χ4v) is 5.24. The minimum absolute atomic E-state index is 0.0567. The Hall–Kier alpha value is -0.130. The molecule has 0 aromatic rings.